The van der Waals surface area contributed by atoms with Crippen molar-refractivity contribution in [2.75, 3.05) is 12.4 Å². The van der Waals surface area contributed by atoms with Crippen molar-refractivity contribution < 1.29 is 4.74 Å². The van der Waals surface area contributed by atoms with Crippen LogP contribution in [0.4, 0.5) is 11.4 Å². The zero-order valence-corrected chi connectivity index (χ0v) is 12.3. The molecule has 0 unspecified atom stereocenters. The summed E-state index contributed by atoms with van der Waals surface area (Å²) in [5, 5.41) is 3.61. The number of aryl methyl sites for hydroxylation is 1. The molecule has 0 saturated carbocycles. The molecule has 0 spiro atoms. The smallest absolute Gasteiger partial charge is 0.217 e. The molecule has 0 amide bonds. The maximum Gasteiger partial charge on any atom is 0.217 e. The summed E-state index contributed by atoms with van der Waals surface area (Å²) < 4.78 is 5.20. The lowest BCUT2D eigenvalue weighted by molar-refractivity contribution is 0.399. The van der Waals surface area contributed by atoms with Crippen molar-refractivity contribution >= 4 is 34.1 Å². The molecule has 0 saturated heterocycles. The molecule has 0 bridgehead atoms. The minimum absolute atomic E-state index is 0.296. The van der Waals surface area contributed by atoms with Crippen molar-refractivity contribution in [2.24, 2.45) is 0 Å². The van der Waals surface area contributed by atoms with Crippen LogP contribution in [0.15, 0.2) is 36.5 Å². The van der Waals surface area contributed by atoms with Crippen LogP contribution in [-0.4, -0.2) is 22.1 Å². The second-order valence-electron chi connectivity index (χ2n) is 4.57. The number of hydrogen-bond acceptors (Lipinski definition) is 5. The Morgan fingerprint density at radius 3 is 2.81 bits per heavy atom. The number of nitrogens with zero attached hydrogens (tertiary/aromatic N) is 3. The molecule has 0 radical (unpaired) electrons. The van der Waals surface area contributed by atoms with Crippen LogP contribution < -0.4 is 10.1 Å². The second kappa shape index (κ2) is 5.54. The Morgan fingerprint density at radius 1 is 1.19 bits per heavy atom. The lowest BCUT2D eigenvalue weighted by atomic mass is 10.2. The molecule has 1 N–H and O–H groups in total. The maximum absolute atomic E-state index is 5.87. The van der Waals surface area contributed by atoms with E-state index in [0.29, 0.717) is 22.2 Å². The first kappa shape index (κ1) is 13.6. The summed E-state index contributed by atoms with van der Waals surface area (Å²) in [6, 6.07) is 9.83. The Bertz CT molecular complexity index is 807. The number of anilines is 2. The molecule has 0 aliphatic heterocycles. The molecule has 1 aromatic carbocycles. The highest BCUT2D eigenvalue weighted by Gasteiger charge is 2.10. The Hall–Kier alpha value is -2.40. The quantitative estimate of drug-likeness (QED) is 0.798. The summed E-state index contributed by atoms with van der Waals surface area (Å²) in [5.41, 5.74) is 3.98. The molecule has 0 aliphatic carbocycles. The minimum atomic E-state index is 0.296. The summed E-state index contributed by atoms with van der Waals surface area (Å²) in [5.74, 6) is 0.453. The number of methoxy groups -OCH3 is 1. The highest BCUT2D eigenvalue weighted by atomic mass is 35.5. The van der Waals surface area contributed by atoms with Gasteiger partial charge in [0.2, 0.25) is 5.88 Å². The molecule has 0 fully saturated rings. The van der Waals surface area contributed by atoms with Gasteiger partial charge in [0.1, 0.15) is 10.7 Å². The molecule has 2 heterocycles. The van der Waals surface area contributed by atoms with Crippen molar-refractivity contribution in [2.45, 2.75) is 6.92 Å². The largest absolute Gasteiger partial charge is 0.481 e. The van der Waals surface area contributed by atoms with E-state index in [-0.39, 0.29) is 0 Å². The van der Waals surface area contributed by atoms with Gasteiger partial charge >= 0.3 is 0 Å². The molecule has 2 aromatic heterocycles. The van der Waals surface area contributed by atoms with Gasteiger partial charge in [-0.05, 0) is 24.6 Å². The number of aromatic nitrogens is 3. The fraction of sp³-hybridized carbons (Fsp3) is 0.133. The van der Waals surface area contributed by atoms with E-state index in [1.54, 1.807) is 13.2 Å². The summed E-state index contributed by atoms with van der Waals surface area (Å²) in [7, 11) is 1.56. The number of halogens is 1. The van der Waals surface area contributed by atoms with Crippen LogP contribution in [0.5, 0.6) is 5.88 Å². The third kappa shape index (κ3) is 2.87. The van der Waals surface area contributed by atoms with Crippen LogP contribution in [0.25, 0.3) is 11.2 Å². The fourth-order valence-electron chi connectivity index (χ4n) is 2.03. The summed E-state index contributed by atoms with van der Waals surface area (Å²) in [6.07, 6.45) is 1.50. The molecule has 5 nitrogen and oxygen atoms in total. The third-order valence-electron chi connectivity index (χ3n) is 2.97. The van der Waals surface area contributed by atoms with E-state index >= 15 is 0 Å². The Kier molecular flexibility index (Phi) is 3.58. The van der Waals surface area contributed by atoms with E-state index in [4.69, 9.17) is 16.3 Å². The zero-order chi connectivity index (χ0) is 14.8. The number of ether oxygens (including phenoxy) is 1. The normalized spacial score (nSPS) is 10.6. The number of nitrogens with one attached hydrogen (secondary N) is 1. The Morgan fingerprint density at radius 2 is 2.05 bits per heavy atom. The molecule has 3 rings (SSSR count). The van der Waals surface area contributed by atoms with E-state index in [9.17, 15) is 0 Å². The van der Waals surface area contributed by atoms with Crippen molar-refractivity contribution in [3.05, 3.63) is 47.2 Å². The number of pyridine rings is 1. The van der Waals surface area contributed by atoms with E-state index < -0.39 is 0 Å². The van der Waals surface area contributed by atoms with Crippen LogP contribution in [-0.2, 0) is 0 Å². The van der Waals surface area contributed by atoms with E-state index in [0.717, 1.165) is 11.4 Å². The first-order valence-corrected chi connectivity index (χ1v) is 6.74. The van der Waals surface area contributed by atoms with Gasteiger partial charge in [-0.25, -0.2) is 9.97 Å². The van der Waals surface area contributed by atoms with Gasteiger partial charge in [0, 0.05) is 11.8 Å². The van der Waals surface area contributed by atoms with Crippen molar-refractivity contribution in [3.8, 4) is 5.88 Å². The van der Waals surface area contributed by atoms with Crippen molar-refractivity contribution in [3.63, 3.8) is 0 Å². The highest BCUT2D eigenvalue weighted by molar-refractivity contribution is 6.29. The molecule has 0 atom stereocenters. The van der Waals surface area contributed by atoms with Gasteiger partial charge in [0.25, 0.3) is 0 Å². The van der Waals surface area contributed by atoms with Crippen molar-refractivity contribution in [1.29, 1.82) is 0 Å². The molecule has 0 aliphatic rings. The first-order chi connectivity index (χ1) is 10.2. The van der Waals surface area contributed by atoms with E-state index in [1.165, 1.54) is 11.8 Å². The molecular weight excluding hydrogens is 288 g/mol. The highest BCUT2D eigenvalue weighted by Crippen LogP contribution is 2.27. The van der Waals surface area contributed by atoms with Crippen LogP contribution in [0, 0.1) is 6.92 Å². The second-order valence-corrected chi connectivity index (χ2v) is 4.96. The first-order valence-electron chi connectivity index (χ1n) is 6.36. The molecule has 106 valence electrons. The predicted molar refractivity (Wildman–Crippen MR) is 83.4 cm³/mol. The topological polar surface area (TPSA) is 59.9 Å². The third-order valence-corrected chi connectivity index (χ3v) is 3.15. The molecule has 21 heavy (non-hydrogen) atoms. The average molecular weight is 301 g/mol. The van der Waals surface area contributed by atoms with E-state index in [2.05, 4.69) is 20.3 Å². The van der Waals surface area contributed by atoms with Gasteiger partial charge < -0.3 is 10.1 Å². The lowest BCUT2D eigenvalue weighted by Gasteiger charge is -2.11. The fourth-order valence-corrected chi connectivity index (χ4v) is 2.16. The zero-order valence-electron chi connectivity index (χ0n) is 11.6. The summed E-state index contributed by atoms with van der Waals surface area (Å²) in [4.78, 5) is 12.7. The molecule has 6 heteroatoms. The number of rotatable bonds is 3. The minimum Gasteiger partial charge on any atom is -0.481 e. The van der Waals surface area contributed by atoms with Crippen LogP contribution >= 0.6 is 11.6 Å². The number of hydrogen-bond donors (Lipinski definition) is 1. The van der Waals surface area contributed by atoms with Gasteiger partial charge in [-0.15, -0.1) is 0 Å². The van der Waals surface area contributed by atoms with E-state index in [1.807, 2.05) is 31.2 Å². The standard InChI is InChI=1S/C15H13ClN4O/c1-9-4-3-5-10(6-9)18-11-7-13(21-2)20-15-14(11)17-8-12(16)19-15/h3-8H,1-2H3,(H,18,19,20). The monoisotopic (exact) mass is 300 g/mol. The van der Waals surface area contributed by atoms with Gasteiger partial charge in [-0.3, -0.25) is 0 Å². The Labute approximate surface area is 127 Å². The Balaban J connectivity index is 2.12. The van der Waals surface area contributed by atoms with Crippen molar-refractivity contribution in [1.82, 2.24) is 15.0 Å². The summed E-state index contributed by atoms with van der Waals surface area (Å²) >= 11 is 5.87. The van der Waals surface area contributed by atoms with Gasteiger partial charge in [-0.2, -0.15) is 4.98 Å². The predicted octanol–water partition coefficient (Wildman–Crippen LogP) is 3.74. The van der Waals surface area contributed by atoms with Crippen LogP contribution in [0.2, 0.25) is 5.15 Å². The number of benzene rings is 1. The van der Waals surface area contributed by atoms with Gasteiger partial charge in [-0.1, -0.05) is 23.7 Å². The lowest BCUT2D eigenvalue weighted by Crippen LogP contribution is -1.98. The maximum atomic E-state index is 5.87. The van der Waals surface area contributed by atoms with Gasteiger partial charge in [0.05, 0.1) is 19.0 Å². The molecular formula is C15H13ClN4O. The number of fused-ring (bicyclic) bond motifs is 1. The van der Waals surface area contributed by atoms with Crippen LogP contribution in [0.1, 0.15) is 5.56 Å². The van der Waals surface area contributed by atoms with Crippen LogP contribution in [0.3, 0.4) is 0 Å². The molecule has 3 aromatic rings. The SMILES string of the molecule is COc1cc(Nc2cccc(C)c2)c2ncc(Cl)nc2n1. The average Bonchev–Trinajstić information content (AvgIpc) is 2.46. The summed E-state index contributed by atoms with van der Waals surface area (Å²) in [6.45, 7) is 2.04. The van der Waals surface area contributed by atoms with Gasteiger partial charge in [0.15, 0.2) is 5.65 Å².